The third-order valence-electron chi connectivity index (χ3n) is 0.478. The van der Waals surface area contributed by atoms with Gasteiger partial charge in [0.25, 0.3) is 6.26 Å². The van der Waals surface area contributed by atoms with E-state index in [-0.39, 0.29) is 0 Å². The number of nitriles is 1. The predicted molar refractivity (Wildman–Crippen MR) is 29.6 cm³/mol. The molecule has 0 atom stereocenters. The highest BCUT2D eigenvalue weighted by Gasteiger charge is 1.59. The summed E-state index contributed by atoms with van der Waals surface area (Å²) in [6.45, 7) is 0. The number of hydrogen-bond donors (Lipinski definition) is 1. The van der Waals surface area contributed by atoms with Crippen molar-refractivity contribution >= 4 is 0 Å². The Labute approximate surface area is 52.4 Å². The molecule has 0 aliphatic carbocycles. The summed E-state index contributed by atoms with van der Waals surface area (Å²) in [7, 11) is 0. The lowest BCUT2D eigenvalue weighted by Crippen LogP contribution is -1.66. The number of aromatic nitrogens is 2. The Hall–Kier alpha value is -1.63. The summed E-state index contributed by atoms with van der Waals surface area (Å²) in [5.74, 6) is 0. The van der Waals surface area contributed by atoms with Crippen molar-refractivity contribution in [2.45, 2.75) is 0 Å². The van der Waals surface area contributed by atoms with Gasteiger partial charge in [0, 0.05) is 12.4 Å². The average molecular weight is 123 g/mol. The van der Waals surface area contributed by atoms with Gasteiger partial charge in [0.15, 0.2) is 0 Å². The Morgan fingerprint density at radius 3 is 1.89 bits per heavy atom. The summed E-state index contributed by atoms with van der Waals surface area (Å²) in [4.78, 5) is 7.35. The van der Waals surface area contributed by atoms with Crippen LogP contribution < -0.4 is 0 Å². The summed E-state index contributed by atoms with van der Waals surface area (Å²) in [6, 6.07) is 1.78. The minimum atomic E-state index is 0.750. The normalized spacial score (nSPS) is 6.11. The monoisotopic (exact) mass is 123 g/mol. The summed E-state index contributed by atoms with van der Waals surface area (Å²) in [5.41, 5.74) is 0. The van der Waals surface area contributed by atoms with Gasteiger partial charge in [0.1, 0.15) is 6.33 Å². The molecule has 0 radical (unpaired) electrons. The number of nitrogens with zero attached hydrogens (tertiary/aromatic N) is 3. The molecule has 0 saturated heterocycles. The first-order valence-electron chi connectivity index (χ1n) is 2.15. The molecule has 0 fully saturated rings. The zero-order chi connectivity index (χ0) is 6.95. The summed E-state index contributed by atoms with van der Waals surface area (Å²) < 4.78 is 0. The molecule has 0 bridgehead atoms. The van der Waals surface area contributed by atoms with Crippen LogP contribution in [0.15, 0.2) is 24.8 Å². The van der Waals surface area contributed by atoms with Crippen LogP contribution in [0, 0.1) is 11.5 Å². The zero-order valence-electron chi connectivity index (χ0n) is 4.60. The Morgan fingerprint density at radius 2 is 1.78 bits per heavy atom. The minimum Gasteiger partial charge on any atom is -0.443 e. The second kappa shape index (κ2) is 6.37. The van der Waals surface area contributed by atoms with E-state index in [1.165, 1.54) is 6.33 Å². The molecule has 1 aromatic rings. The van der Waals surface area contributed by atoms with Crippen LogP contribution in [0.25, 0.3) is 0 Å². The smallest absolute Gasteiger partial charge is 0.283 e. The Morgan fingerprint density at radius 1 is 1.33 bits per heavy atom. The number of hydrogen-bond acceptors (Lipinski definition) is 4. The van der Waals surface area contributed by atoms with Gasteiger partial charge in [-0.2, -0.15) is 5.26 Å². The van der Waals surface area contributed by atoms with Crippen LogP contribution >= 0.6 is 0 Å². The lowest BCUT2D eigenvalue weighted by molar-refractivity contribution is 0.503. The summed E-state index contributed by atoms with van der Waals surface area (Å²) >= 11 is 0. The molecule has 4 nitrogen and oxygen atoms in total. The third kappa shape index (κ3) is 6.37. The lowest BCUT2D eigenvalue weighted by atomic mass is 10.7. The van der Waals surface area contributed by atoms with E-state index in [0.717, 1.165) is 6.26 Å². The van der Waals surface area contributed by atoms with Crippen molar-refractivity contribution in [2.24, 2.45) is 0 Å². The average Bonchev–Trinajstić information content (AvgIpc) is 1.93. The maximum absolute atomic E-state index is 6.88. The molecule has 0 amide bonds. The van der Waals surface area contributed by atoms with Gasteiger partial charge in [0.2, 0.25) is 0 Å². The van der Waals surface area contributed by atoms with Crippen LogP contribution in [-0.4, -0.2) is 15.1 Å². The largest absolute Gasteiger partial charge is 0.443 e. The second-order valence-electron chi connectivity index (χ2n) is 1.00. The molecule has 1 rings (SSSR count). The zero-order valence-corrected chi connectivity index (χ0v) is 4.60. The topological polar surface area (TPSA) is 69.8 Å². The van der Waals surface area contributed by atoms with Crippen molar-refractivity contribution in [1.29, 1.82) is 5.26 Å². The Bertz CT molecular complexity index is 143. The second-order valence-corrected chi connectivity index (χ2v) is 1.00. The highest BCUT2D eigenvalue weighted by Crippen LogP contribution is 1.66. The fourth-order valence-electron chi connectivity index (χ4n) is 0.253. The Kier molecular flexibility index (Phi) is 5.22. The van der Waals surface area contributed by atoms with Gasteiger partial charge in [-0.05, 0) is 6.07 Å². The molecule has 4 heteroatoms. The highest BCUT2D eigenvalue weighted by molar-refractivity contribution is 4.74. The van der Waals surface area contributed by atoms with Gasteiger partial charge in [-0.1, -0.05) is 0 Å². The fourth-order valence-corrected chi connectivity index (χ4v) is 0.253. The van der Waals surface area contributed by atoms with E-state index >= 15 is 0 Å². The van der Waals surface area contributed by atoms with Crippen LogP contribution in [0.2, 0.25) is 0 Å². The predicted octanol–water partition coefficient (Wildman–Crippen LogP) is 0.317. The molecule has 0 unspecified atom stereocenters. The van der Waals surface area contributed by atoms with E-state index in [9.17, 15) is 0 Å². The Balaban J connectivity index is 0.000000187. The molecule has 0 aliphatic heterocycles. The first-order valence-corrected chi connectivity index (χ1v) is 2.15. The van der Waals surface area contributed by atoms with Crippen LogP contribution in [0.3, 0.4) is 0 Å². The number of aliphatic hydroxyl groups excluding tert-OH is 1. The molecule has 0 aromatic carbocycles. The van der Waals surface area contributed by atoms with Crippen molar-refractivity contribution in [3.63, 3.8) is 0 Å². The first kappa shape index (κ1) is 7.37. The van der Waals surface area contributed by atoms with E-state index in [1.54, 1.807) is 18.5 Å². The number of rotatable bonds is 0. The molecule has 0 aliphatic rings. The molecule has 1 heterocycles. The van der Waals surface area contributed by atoms with Crippen molar-refractivity contribution < 1.29 is 5.11 Å². The third-order valence-corrected chi connectivity index (χ3v) is 0.478. The van der Waals surface area contributed by atoms with Crippen LogP contribution in [0.1, 0.15) is 0 Å². The molecule has 46 valence electrons. The van der Waals surface area contributed by atoms with Gasteiger partial charge in [0.05, 0.1) is 0 Å². The molecule has 0 saturated carbocycles. The maximum atomic E-state index is 6.88. The summed E-state index contributed by atoms with van der Waals surface area (Å²) in [5, 5.41) is 13.8. The van der Waals surface area contributed by atoms with Gasteiger partial charge >= 0.3 is 0 Å². The van der Waals surface area contributed by atoms with E-state index in [0.29, 0.717) is 0 Å². The van der Waals surface area contributed by atoms with Gasteiger partial charge < -0.3 is 5.11 Å². The first-order chi connectivity index (χ1) is 4.41. The summed E-state index contributed by atoms with van der Waals surface area (Å²) in [6.07, 6.45) is 5.62. The minimum absolute atomic E-state index is 0.750. The SMILES string of the molecule is N#CO.c1cncnc1. The van der Waals surface area contributed by atoms with E-state index in [2.05, 4.69) is 9.97 Å². The molecule has 9 heavy (non-hydrogen) atoms. The standard InChI is InChI=1S/C4H4N2.CHNO/c1-2-5-4-6-3-1;2-1-3/h1-4H;3H. The molecular weight excluding hydrogens is 118 g/mol. The molecular formula is C5H5N3O. The van der Waals surface area contributed by atoms with Gasteiger partial charge in [-0.25, -0.2) is 9.97 Å². The van der Waals surface area contributed by atoms with E-state index in [1.807, 2.05) is 0 Å². The van der Waals surface area contributed by atoms with E-state index < -0.39 is 0 Å². The van der Waals surface area contributed by atoms with Crippen molar-refractivity contribution in [3.8, 4) is 6.26 Å². The van der Waals surface area contributed by atoms with E-state index in [4.69, 9.17) is 10.4 Å². The van der Waals surface area contributed by atoms with Crippen molar-refractivity contribution in [1.82, 2.24) is 9.97 Å². The quantitative estimate of drug-likeness (QED) is 0.504. The van der Waals surface area contributed by atoms with Gasteiger partial charge in [-0.15, -0.1) is 0 Å². The maximum Gasteiger partial charge on any atom is 0.283 e. The number of aliphatic hydroxyl groups is 1. The van der Waals surface area contributed by atoms with Crippen LogP contribution in [0.5, 0.6) is 0 Å². The molecule has 1 N–H and O–H groups in total. The van der Waals surface area contributed by atoms with Crippen molar-refractivity contribution in [3.05, 3.63) is 24.8 Å². The van der Waals surface area contributed by atoms with Crippen molar-refractivity contribution in [2.75, 3.05) is 0 Å². The highest BCUT2D eigenvalue weighted by atomic mass is 16.2. The molecule has 1 aromatic heterocycles. The fraction of sp³-hybridized carbons (Fsp3) is 0. The lowest BCUT2D eigenvalue weighted by Gasteiger charge is -1.70. The van der Waals surface area contributed by atoms with Crippen LogP contribution in [-0.2, 0) is 0 Å². The molecule has 0 spiro atoms. The van der Waals surface area contributed by atoms with Crippen LogP contribution in [0.4, 0.5) is 0 Å². The van der Waals surface area contributed by atoms with Gasteiger partial charge in [-0.3, -0.25) is 0 Å².